The van der Waals surface area contributed by atoms with Gasteiger partial charge < -0.3 is 14.6 Å². The number of morpholine rings is 1. The molecule has 2 aliphatic heterocycles. The van der Waals surface area contributed by atoms with E-state index < -0.39 is 0 Å². The first-order chi connectivity index (χ1) is 16.1. The van der Waals surface area contributed by atoms with Gasteiger partial charge in [0.2, 0.25) is 0 Å². The maximum atomic E-state index is 13.6. The molecule has 1 unspecified atom stereocenters. The van der Waals surface area contributed by atoms with E-state index in [-0.39, 0.29) is 18.0 Å². The number of nitrogens with zero attached hydrogens (tertiary/aromatic N) is 4. The number of amides is 1. The van der Waals surface area contributed by atoms with Crippen molar-refractivity contribution in [2.24, 2.45) is 0 Å². The van der Waals surface area contributed by atoms with E-state index in [1.807, 2.05) is 35.4 Å². The lowest BCUT2D eigenvalue weighted by Gasteiger charge is -2.45. The van der Waals surface area contributed by atoms with Crippen LogP contribution >= 0.6 is 0 Å². The van der Waals surface area contributed by atoms with Gasteiger partial charge in [-0.05, 0) is 31.5 Å². The van der Waals surface area contributed by atoms with Gasteiger partial charge in [-0.15, -0.1) is 0 Å². The number of ether oxygens (including phenoxy) is 1. The molecule has 2 aliphatic rings. The molecule has 0 radical (unpaired) electrons. The minimum atomic E-state index is -0.384. The predicted molar refractivity (Wildman–Crippen MR) is 128 cm³/mol. The predicted octanol–water partition coefficient (Wildman–Crippen LogP) is 4.25. The zero-order valence-electron chi connectivity index (χ0n) is 18.7. The molecule has 1 saturated heterocycles. The van der Waals surface area contributed by atoms with Crippen molar-refractivity contribution >= 4 is 28.3 Å². The summed E-state index contributed by atoms with van der Waals surface area (Å²) in [6.07, 6.45) is 3.73. The minimum Gasteiger partial charge on any atom is -0.377 e. The number of rotatable bonds is 3. The normalized spacial score (nSPS) is 18.8. The number of aromatic amines is 1. The van der Waals surface area contributed by atoms with Crippen LogP contribution in [0.15, 0.2) is 60.9 Å². The largest absolute Gasteiger partial charge is 0.377 e. The molecular weight excluding hydrogens is 414 g/mol. The Balaban J connectivity index is 1.49. The third kappa shape index (κ3) is 3.19. The number of benzene rings is 2. The summed E-state index contributed by atoms with van der Waals surface area (Å²) in [5.41, 5.74) is 5.02. The van der Waals surface area contributed by atoms with E-state index >= 15 is 0 Å². The first-order valence-corrected chi connectivity index (χ1v) is 11.3. The zero-order chi connectivity index (χ0) is 22.5. The molecule has 0 aliphatic carbocycles. The van der Waals surface area contributed by atoms with E-state index in [4.69, 9.17) is 14.7 Å². The molecule has 0 bridgehead atoms. The summed E-state index contributed by atoms with van der Waals surface area (Å²) in [6, 6.07) is 15.9. The van der Waals surface area contributed by atoms with Crippen molar-refractivity contribution in [2.75, 3.05) is 29.6 Å². The minimum absolute atomic E-state index is 0.0272. The molecule has 4 aromatic rings. The lowest BCUT2D eigenvalue weighted by molar-refractivity contribution is -0.123. The van der Waals surface area contributed by atoms with Crippen molar-refractivity contribution in [3.05, 3.63) is 72.1 Å². The number of fused-ring (bicyclic) bond motifs is 4. The summed E-state index contributed by atoms with van der Waals surface area (Å²) in [7, 11) is 0. The number of H-pyrrole nitrogens is 1. The first kappa shape index (κ1) is 19.9. The van der Waals surface area contributed by atoms with Crippen LogP contribution in [-0.2, 0) is 9.53 Å². The summed E-state index contributed by atoms with van der Waals surface area (Å²) in [4.78, 5) is 30.6. The van der Waals surface area contributed by atoms with Gasteiger partial charge in [0.05, 0.1) is 25.5 Å². The fraction of sp³-hybridized carbons (Fsp3) is 0.269. The number of nitrogens with one attached hydrogen (secondary N) is 1. The van der Waals surface area contributed by atoms with Crippen LogP contribution in [0.5, 0.6) is 0 Å². The number of anilines is 2. The Bertz CT molecular complexity index is 1350. The Kier molecular flexibility index (Phi) is 4.66. The molecule has 0 spiro atoms. The lowest BCUT2D eigenvalue weighted by Crippen LogP contribution is -2.59. The Morgan fingerprint density at radius 3 is 2.85 bits per heavy atom. The van der Waals surface area contributed by atoms with Crippen LogP contribution in [0.3, 0.4) is 0 Å². The van der Waals surface area contributed by atoms with Crippen molar-refractivity contribution in [3.63, 3.8) is 0 Å². The quantitative estimate of drug-likeness (QED) is 0.517. The maximum absolute atomic E-state index is 13.6. The number of aryl methyl sites for hydroxylation is 1. The lowest BCUT2D eigenvalue weighted by atomic mass is 10.0. The second kappa shape index (κ2) is 7.71. The highest BCUT2D eigenvalue weighted by molar-refractivity contribution is 6.05. The van der Waals surface area contributed by atoms with E-state index in [0.717, 1.165) is 33.5 Å². The zero-order valence-corrected chi connectivity index (χ0v) is 18.7. The van der Waals surface area contributed by atoms with Gasteiger partial charge in [-0.2, -0.15) is 0 Å². The van der Waals surface area contributed by atoms with E-state index in [0.29, 0.717) is 25.6 Å². The number of carbonyl (C=O) groups excluding carboxylic acids is 1. The van der Waals surface area contributed by atoms with Crippen LogP contribution in [0.2, 0.25) is 0 Å². The van der Waals surface area contributed by atoms with Crippen molar-refractivity contribution in [2.45, 2.75) is 25.9 Å². The highest BCUT2D eigenvalue weighted by Gasteiger charge is 2.43. The molecular formula is C26H25N5O2. The number of hydrogen-bond donors (Lipinski definition) is 1. The molecule has 2 aromatic heterocycles. The Morgan fingerprint density at radius 2 is 2.00 bits per heavy atom. The molecule has 166 valence electrons. The smallest absolute Gasteiger partial charge is 0.252 e. The molecule has 1 N–H and O–H groups in total. The van der Waals surface area contributed by atoms with Crippen LogP contribution < -0.4 is 9.80 Å². The number of aromatic nitrogens is 3. The van der Waals surface area contributed by atoms with Gasteiger partial charge >= 0.3 is 0 Å². The summed E-state index contributed by atoms with van der Waals surface area (Å²) in [5.74, 6) is 1.47. The topological polar surface area (TPSA) is 74.3 Å². The fourth-order valence-electron chi connectivity index (χ4n) is 4.89. The van der Waals surface area contributed by atoms with Crippen LogP contribution in [0, 0.1) is 6.92 Å². The van der Waals surface area contributed by atoms with Gasteiger partial charge in [0.1, 0.15) is 11.7 Å². The molecule has 4 heterocycles. The number of hydrogen-bond acceptors (Lipinski definition) is 5. The van der Waals surface area contributed by atoms with Gasteiger partial charge in [0, 0.05) is 29.2 Å². The summed E-state index contributed by atoms with van der Waals surface area (Å²) < 4.78 is 5.70. The second-order valence-electron chi connectivity index (χ2n) is 8.73. The molecule has 7 nitrogen and oxygen atoms in total. The Labute approximate surface area is 192 Å². The SMILES string of the molecule is Cc1ccc([C@H](C)N2C(=O)C3COCCN3c3nc(-c4cccc5[nH]ccc45)ncc32)cc1. The van der Waals surface area contributed by atoms with Crippen molar-refractivity contribution in [1.29, 1.82) is 0 Å². The highest BCUT2D eigenvalue weighted by atomic mass is 16.5. The molecule has 6 rings (SSSR count). The Morgan fingerprint density at radius 1 is 1.15 bits per heavy atom. The van der Waals surface area contributed by atoms with E-state index in [2.05, 4.69) is 48.0 Å². The molecule has 7 heteroatoms. The van der Waals surface area contributed by atoms with E-state index in [1.165, 1.54) is 5.56 Å². The van der Waals surface area contributed by atoms with Crippen LogP contribution in [0.25, 0.3) is 22.3 Å². The first-order valence-electron chi connectivity index (χ1n) is 11.3. The van der Waals surface area contributed by atoms with Crippen molar-refractivity contribution in [3.8, 4) is 11.4 Å². The highest BCUT2D eigenvalue weighted by Crippen LogP contribution is 2.41. The van der Waals surface area contributed by atoms with E-state index in [1.54, 1.807) is 6.20 Å². The molecule has 33 heavy (non-hydrogen) atoms. The summed E-state index contributed by atoms with van der Waals surface area (Å²) in [5, 5.41) is 1.08. The molecule has 2 aromatic carbocycles. The third-order valence-electron chi connectivity index (χ3n) is 6.72. The Hall–Kier alpha value is -3.71. The van der Waals surface area contributed by atoms with Gasteiger partial charge in [-0.25, -0.2) is 9.97 Å². The average Bonchev–Trinajstić information content (AvgIpc) is 3.34. The monoisotopic (exact) mass is 439 g/mol. The second-order valence-corrected chi connectivity index (χ2v) is 8.73. The molecule has 1 fully saturated rings. The molecule has 2 atom stereocenters. The van der Waals surface area contributed by atoms with Crippen LogP contribution in [-0.4, -0.2) is 46.7 Å². The number of carbonyl (C=O) groups is 1. The molecule has 1 amide bonds. The van der Waals surface area contributed by atoms with Crippen molar-refractivity contribution in [1.82, 2.24) is 15.0 Å². The standard InChI is InChI=1S/C26H25N5O2/c1-16-6-8-18(9-7-16)17(2)31-22-14-28-24(20-4-3-5-21-19(20)10-11-27-21)29-25(22)30-12-13-33-15-23(30)26(31)32/h3-11,14,17,23,27H,12-13,15H2,1-2H3/t17-,23?/m0/s1. The van der Waals surface area contributed by atoms with Gasteiger partial charge in [-0.3, -0.25) is 9.69 Å². The summed E-state index contributed by atoms with van der Waals surface area (Å²) in [6.45, 7) is 5.68. The van der Waals surface area contributed by atoms with Crippen LogP contribution in [0.4, 0.5) is 11.5 Å². The van der Waals surface area contributed by atoms with Crippen molar-refractivity contribution < 1.29 is 9.53 Å². The van der Waals surface area contributed by atoms with Gasteiger partial charge in [0.25, 0.3) is 5.91 Å². The van der Waals surface area contributed by atoms with Gasteiger partial charge in [0.15, 0.2) is 11.6 Å². The van der Waals surface area contributed by atoms with E-state index in [9.17, 15) is 4.79 Å². The van der Waals surface area contributed by atoms with Gasteiger partial charge in [-0.1, -0.05) is 42.0 Å². The third-order valence-corrected chi connectivity index (χ3v) is 6.72. The van der Waals surface area contributed by atoms with Crippen LogP contribution in [0.1, 0.15) is 24.1 Å². The maximum Gasteiger partial charge on any atom is 0.252 e. The fourth-order valence-corrected chi connectivity index (χ4v) is 4.89. The molecule has 0 saturated carbocycles. The average molecular weight is 440 g/mol. The summed E-state index contributed by atoms with van der Waals surface area (Å²) >= 11 is 0.